The average Bonchev–Trinajstić information content (AvgIpc) is 3.18. The van der Waals surface area contributed by atoms with Crippen molar-refractivity contribution in [3.63, 3.8) is 0 Å². The fourth-order valence-electron chi connectivity index (χ4n) is 2.43. The largest absolute Gasteiger partial charge is 0.444 e. The third-order valence-corrected chi connectivity index (χ3v) is 4.66. The van der Waals surface area contributed by atoms with E-state index < -0.39 is 29.5 Å². The first kappa shape index (κ1) is 19.6. The summed E-state index contributed by atoms with van der Waals surface area (Å²) in [6.07, 6.45) is -0.573. The molecule has 1 N–H and O–H groups in total. The lowest BCUT2D eigenvalue weighted by Crippen LogP contribution is -2.32. The third kappa shape index (κ3) is 4.20. The molecular weight excluding hydrogens is 384 g/mol. The first-order valence-corrected chi connectivity index (χ1v) is 9.23. The van der Waals surface area contributed by atoms with Crippen LogP contribution in [0.3, 0.4) is 0 Å². The monoisotopic (exact) mass is 402 g/mol. The lowest BCUT2D eigenvalue weighted by molar-refractivity contribution is -0.0581. The summed E-state index contributed by atoms with van der Waals surface area (Å²) in [6, 6.07) is 9.37. The van der Waals surface area contributed by atoms with E-state index in [2.05, 4.69) is 5.32 Å². The molecular formula is C19H18N2O6S. The molecule has 2 heterocycles. The second-order valence-electron chi connectivity index (χ2n) is 6.95. The lowest BCUT2D eigenvalue weighted by Gasteiger charge is -2.19. The maximum atomic E-state index is 12.3. The standard InChI is InChI=1S/C19H18N2O6S/c1-19(2,3)26-18(25)20-10-11-8-9-14(28-11)17(24)27-21-15(22)12-6-4-5-7-13(12)16(21)23/h4-9H,10H2,1-3H3,(H,20,25). The van der Waals surface area contributed by atoms with Crippen LogP contribution in [-0.2, 0) is 16.1 Å². The number of nitrogens with one attached hydrogen (secondary N) is 1. The van der Waals surface area contributed by atoms with E-state index in [1.54, 1.807) is 39.0 Å². The van der Waals surface area contributed by atoms with Crippen LogP contribution in [0.25, 0.3) is 0 Å². The first-order chi connectivity index (χ1) is 13.2. The zero-order chi connectivity index (χ0) is 20.5. The van der Waals surface area contributed by atoms with Gasteiger partial charge in [0.15, 0.2) is 0 Å². The number of hydrogen-bond acceptors (Lipinski definition) is 7. The van der Waals surface area contributed by atoms with Gasteiger partial charge in [0.2, 0.25) is 0 Å². The van der Waals surface area contributed by atoms with Crippen molar-refractivity contribution in [3.8, 4) is 0 Å². The van der Waals surface area contributed by atoms with Crippen molar-refractivity contribution in [1.82, 2.24) is 10.4 Å². The molecule has 1 aromatic heterocycles. The number of alkyl carbamates (subject to hydrolysis) is 1. The van der Waals surface area contributed by atoms with E-state index in [-0.39, 0.29) is 22.5 Å². The predicted octanol–water partition coefficient (Wildman–Crippen LogP) is 3.14. The Balaban J connectivity index is 1.60. The predicted molar refractivity (Wildman–Crippen MR) is 99.8 cm³/mol. The van der Waals surface area contributed by atoms with Crippen molar-refractivity contribution in [3.05, 3.63) is 57.3 Å². The van der Waals surface area contributed by atoms with Crippen molar-refractivity contribution in [1.29, 1.82) is 0 Å². The highest BCUT2D eigenvalue weighted by Crippen LogP contribution is 2.24. The summed E-state index contributed by atoms with van der Waals surface area (Å²) >= 11 is 1.08. The molecule has 0 radical (unpaired) electrons. The number of thiophene rings is 1. The summed E-state index contributed by atoms with van der Waals surface area (Å²) in [4.78, 5) is 54.3. The Morgan fingerprint density at radius 2 is 1.64 bits per heavy atom. The lowest BCUT2D eigenvalue weighted by atomic mass is 10.1. The average molecular weight is 402 g/mol. The van der Waals surface area contributed by atoms with Crippen LogP contribution in [0.15, 0.2) is 36.4 Å². The van der Waals surface area contributed by atoms with Gasteiger partial charge in [0.05, 0.1) is 17.7 Å². The summed E-state index contributed by atoms with van der Waals surface area (Å²) in [6.45, 7) is 5.43. The van der Waals surface area contributed by atoms with Gasteiger partial charge in [-0.1, -0.05) is 17.2 Å². The number of hydrogen-bond donors (Lipinski definition) is 1. The molecule has 0 spiro atoms. The van der Waals surface area contributed by atoms with E-state index in [1.807, 2.05) is 0 Å². The summed E-state index contributed by atoms with van der Waals surface area (Å²) < 4.78 is 5.14. The number of benzene rings is 1. The van der Waals surface area contributed by atoms with Crippen LogP contribution in [-0.4, -0.2) is 34.5 Å². The van der Waals surface area contributed by atoms with Crippen molar-refractivity contribution >= 4 is 35.2 Å². The molecule has 2 aromatic rings. The molecule has 3 amide bonds. The highest BCUT2D eigenvalue weighted by atomic mass is 32.1. The number of imide groups is 1. The highest BCUT2D eigenvalue weighted by Gasteiger charge is 2.39. The minimum atomic E-state index is -0.831. The van der Waals surface area contributed by atoms with Gasteiger partial charge in [-0.3, -0.25) is 9.59 Å². The van der Waals surface area contributed by atoms with Gasteiger partial charge in [-0.25, -0.2) is 9.59 Å². The number of carbonyl (C=O) groups is 4. The minimum Gasteiger partial charge on any atom is -0.444 e. The van der Waals surface area contributed by atoms with Crippen LogP contribution < -0.4 is 5.32 Å². The number of hydroxylamine groups is 2. The van der Waals surface area contributed by atoms with Crippen LogP contribution in [0.1, 0.15) is 56.0 Å². The fourth-order valence-corrected chi connectivity index (χ4v) is 3.25. The number of ether oxygens (including phenoxy) is 1. The number of nitrogens with zero attached hydrogens (tertiary/aromatic N) is 1. The SMILES string of the molecule is CC(C)(C)OC(=O)NCc1ccc(C(=O)ON2C(=O)c3ccccc3C2=O)s1. The normalized spacial score (nSPS) is 13.3. The Morgan fingerprint density at radius 3 is 2.21 bits per heavy atom. The molecule has 1 aromatic carbocycles. The van der Waals surface area contributed by atoms with Crippen molar-refractivity contribution in [2.45, 2.75) is 32.9 Å². The van der Waals surface area contributed by atoms with Crippen LogP contribution in [0.4, 0.5) is 4.79 Å². The summed E-state index contributed by atoms with van der Waals surface area (Å²) in [5, 5.41) is 3.05. The third-order valence-electron chi connectivity index (χ3n) is 3.60. The molecule has 9 heteroatoms. The Morgan fingerprint density at radius 1 is 1.04 bits per heavy atom. The van der Waals surface area contributed by atoms with Gasteiger partial charge in [-0.15, -0.1) is 11.3 Å². The molecule has 0 atom stereocenters. The van der Waals surface area contributed by atoms with Crippen molar-refractivity contribution < 1.29 is 28.8 Å². The Hall–Kier alpha value is -3.20. The smallest absolute Gasteiger partial charge is 0.407 e. The van der Waals surface area contributed by atoms with Gasteiger partial charge in [-0.2, -0.15) is 0 Å². The summed E-state index contributed by atoms with van der Waals surface area (Å²) in [5.74, 6) is -2.20. The zero-order valence-electron chi connectivity index (χ0n) is 15.5. The highest BCUT2D eigenvalue weighted by molar-refractivity contribution is 7.13. The maximum absolute atomic E-state index is 12.3. The van der Waals surface area contributed by atoms with Gasteiger partial charge in [0.1, 0.15) is 10.5 Å². The van der Waals surface area contributed by atoms with Gasteiger partial charge in [-0.05, 0) is 45.0 Å². The molecule has 146 valence electrons. The number of fused-ring (bicyclic) bond motifs is 1. The molecule has 1 aliphatic rings. The quantitative estimate of drug-likeness (QED) is 0.789. The van der Waals surface area contributed by atoms with Crippen LogP contribution in [0, 0.1) is 0 Å². The number of rotatable bonds is 4. The molecule has 28 heavy (non-hydrogen) atoms. The van der Waals surface area contributed by atoms with E-state index in [0.717, 1.165) is 11.3 Å². The zero-order valence-corrected chi connectivity index (χ0v) is 16.3. The molecule has 0 fully saturated rings. The van der Waals surface area contributed by atoms with E-state index in [4.69, 9.17) is 9.57 Å². The fraction of sp³-hybridized carbons (Fsp3) is 0.263. The van der Waals surface area contributed by atoms with Crippen LogP contribution >= 0.6 is 11.3 Å². The van der Waals surface area contributed by atoms with E-state index in [9.17, 15) is 19.2 Å². The Bertz CT molecular complexity index is 924. The van der Waals surface area contributed by atoms with E-state index >= 15 is 0 Å². The Labute approximate surface area is 165 Å². The Kier molecular flexibility index (Phi) is 5.19. The molecule has 0 saturated carbocycles. The van der Waals surface area contributed by atoms with Gasteiger partial charge >= 0.3 is 12.1 Å². The molecule has 0 unspecified atom stereocenters. The number of carbonyl (C=O) groups excluding carboxylic acids is 4. The van der Waals surface area contributed by atoms with Gasteiger partial charge < -0.3 is 14.9 Å². The van der Waals surface area contributed by atoms with E-state index in [1.165, 1.54) is 18.2 Å². The van der Waals surface area contributed by atoms with Crippen molar-refractivity contribution in [2.24, 2.45) is 0 Å². The molecule has 0 aliphatic carbocycles. The molecule has 8 nitrogen and oxygen atoms in total. The van der Waals surface area contributed by atoms with E-state index in [0.29, 0.717) is 9.94 Å². The summed E-state index contributed by atoms with van der Waals surface area (Å²) in [7, 11) is 0. The summed E-state index contributed by atoms with van der Waals surface area (Å²) in [5.41, 5.74) is -0.233. The second kappa shape index (κ2) is 7.43. The molecule has 0 bridgehead atoms. The minimum absolute atomic E-state index is 0.167. The first-order valence-electron chi connectivity index (χ1n) is 8.41. The topological polar surface area (TPSA) is 102 Å². The van der Waals surface area contributed by atoms with Gasteiger partial charge in [0.25, 0.3) is 11.8 Å². The van der Waals surface area contributed by atoms with Crippen LogP contribution in [0.5, 0.6) is 0 Å². The van der Waals surface area contributed by atoms with Crippen LogP contribution in [0.2, 0.25) is 0 Å². The van der Waals surface area contributed by atoms with Gasteiger partial charge in [0, 0.05) is 4.88 Å². The second-order valence-corrected chi connectivity index (χ2v) is 8.12. The maximum Gasteiger partial charge on any atom is 0.407 e. The molecule has 0 saturated heterocycles. The van der Waals surface area contributed by atoms with Crippen molar-refractivity contribution in [2.75, 3.05) is 0 Å². The number of amides is 3. The molecule has 1 aliphatic heterocycles. The molecule has 3 rings (SSSR count).